The molecule has 24 heavy (non-hydrogen) atoms. The van der Waals surface area contributed by atoms with E-state index >= 15 is 0 Å². The van der Waals surface area contributed by atoms with Crippen LogP contribution in [-0.2, 0) is 19.8 Å². The SMILES string of the molecule is CCCCC(N)Cn1cc(OCc2ccccc2)c(=O)cc1CO. The first-order valence-electron chi connectivity index (χ1n) is 8.40. The predicted molar refractivity (Wildman–Crippen MR) is 94.9 cm³/mol. The minimum Gasteiger partial charge on any atom is -0.483 e. The summed E-state index contributed by atoms with van der Waals surface area (Å²) in [4.78, 5) is 12.1. The van der Waals surface area contributed by atoms with Crippen LogP contribution in [0.15, 0.2) is 47.4 Å². The lowest BCUT2D eigenvalue weighted by Gasteiger charge is -2.18. The maximum atomic E-state index is 12.1. The molecule has 1 heterocycles. The third-order valence-corrected chi connectivity index (χ3v) is 3.94. The van der Waals surface area contributed by atoms with Crippen LogP contribution < -0.4 is 15.9 Å². The molecule has 0 saturated carbocycles. The van der Waals surface area contributed by atoms with Crippen molar-refractivity contribution in [1.29, 1.82) is 0 Å². The van der Waals surface area contributed by atoms with Gasteiger partial charge in [-0.3, -0.25) is 4.79 Å². The van der Waals surface area contributed by atoms with Crippen molar-refractivity contribution in [2.24, 2.45) is 5.73 Å². The predicted octanol–water partition coefficient (Wildman–Crippen LogP) is 2.44. The summed E-state index contributed by atoms with van der Waals surface area (Å²) in [5.74, 6) is 0.277. The standard InChI is InChI=1S/C19H26N2O3/c1-2-3-9-16(20)11-21-12-19(18(23)10-17(21)13-22)24-14-15-7-5-4-6-8-15/h4-8,10,12,16,22H,2-3,9,11,13-14,20H2,1H3. The number of nitrogens with zero attached hydrogens (tertiary/aromatic N) is 1. The summed E-state index contributed by atoms with van der Waals surface area (Å²) in [6.07, 6.45) is 4.72. The molecule has 0 aliphatic heterocycles. The number of benzene rings is 1. The fourth-order valence-corrected chi connectivity index (χ4v) is 2.55. The molecular weight excluding hydrogens is 304 g/mol. The highest BCUT2D eigenvalue weighted by molar-refractivity contribution is 5.23. The second kappa shape index (κ2) is 9.25. The lowest BCUT2D eigenvalue weighted by Crippen LogP contribution is -2.28. The molecular formula is C19H26N2O3. The van der Waals surface area contributed by atoms with Gasteiger partial charge in [0, 0.05) is 24.3 Å². The van der Waals surface area contributed by atoms with Crippen molar-refractivity contribution in [3.05, 3.63) is 64.1 Å². The van der Waals surface area contributed by atoms with Gasteiger partial charge in [-0.1, -0.05) is 50.1 Å². The Balaban J connectivity index is 2.13. The highest BCUT2D eigenvalue weighted by Gasteiger charge is 2.11. The zero-order chi connectivity index (χ0) is 17.4. The number of ether oxygens (including phenoxy) is 1. The van der Waals surface area contributed by atoms with Gasteiger partial charge in [0.25, 0.3) is 0 Å². The molecule has 0 saturated heterocycles. The molecule has 1 unspecified atom stereocenters. The van der Waals surface area contributed by atoms with Gasteiger partial charge >= 0.3 is 0 Å². The van der Waals surface area contributed by atoms with Gasteiger partial charge in [0.1, 0.15) is 6.61 Å². The lowest BCUT2D eigenvalue weighted by molar-refractivity contribution is 0.263. The zero-order valence-corrected chi connectivity index (χ0v) is 14.1. The summed E-state index contributed by atoms with van der Waals surface area (Å²) in [7, 11) is 0. The Labute approximate surface area is 142 Å². The van der Waals surface area contributed by atoms with Crippen molar-refractivity contribution in [2.75, 3.05) is 0 Å². The first-order valence-corrected chi connectivity index (χ1v) is 8.40. The van der Waals surface area contributed by atoms with Crippen LogP contribution in [0, 0.1) is 0 Å². The van der Waals surface area contributed by atoms with Crippen molar-refractivity contribution < 1.29 is 9.84 Å². The first kappa shape index (κ1) is 18.2. The molecule has 0 amide bonds. The Hall–Kier alpha value is -2.11. The second-order valence-corrected chi connectivity index (χ2v) is 5.98. The second-order valence-electron chi connectivity index (χ2n) is 5.98. The van der Waals surface area contributed by atoms with Crippen LogP contribution in [0.5, 0.6) is 5.75 Å². The molecule has 2 aromatic rings. The van der Waals surface area contributed by atoms with Gasteiger partial charge in [0.15, 0.2) is 5.75 Å². The molecule has 0 aliphatic rings. The molecule has 1 aromatic carbocycles. The third-order valence-electron chi connectivity index (χ3n) is 3.94. The number of nitrogens with two attached hydrogens (primary N) is 1. The summed E-state index contributed by atoms with van der Waals surface area (Å²) in [5, 5.41) is 9.49. The van der Waals surface area contributed by atoms with Crippen molar-refractivity contribution in [3.8, 4) is 5.75 Å². The van der Waals surface area contributed by atoms with E-state index in [2.05, 4.69) is 6.92 Å². The number of hydrogen-bond acceptors (Lipinski definition) is 4. The van der Waals surface area contributed by atoms with E-state index in [-0.39, 0.29) is 23.8 Å². The quantitative estimate of drug-likeness (QED) is 0.740. The zero-order valence-electron chi connectivity index (χ0n) is 14.1. The van der Waals surface area contributed by atoms with Crippen molar-refractivity contribution in [1.82, 2.24) is 4.57 Å². The number of aliphatic hydroxyl groups excluding tert-OH is 1. The summed E-state index contributed by atoms with van der Waals surface area (Å²) < 4.78 is 7.49. The Kier molecular flexibility index (Phi) is 7.03. The number of hydrogen-bond donors (Lipinski definition) is 2. The molecule has 5 heteroatoms. The van der Waals surface area contributed by atoms with Gasteiger partial charge in [-0.05, 0) is 12.0 Å². The third kappa shape index (κ3) is 5.22. The smallest absolute Gasteiger partial charge is 0.223 e. The molecule has 0 fully saturated rings. The molecule has 2 rings (SSSR count). The van der Waals surface area contributed by atoms with Gasteiger partial charge in [0.05, 0.1) is 12.8 Å². The van der Waals surface area contributed by atoms with Crippen LogP contribution in [0.4, 0.5) is 0 Å². The summed E-state index contributed by atoms with van der Waals surface area (Å²) >= 11 is 0. The van der Waals surface area contributed by atoms with E-state index in [1.165, 1.54) is 6.07 Å². The molecule has 130 valence electrons. The largest absolute Gasteiger partial charge is 0.483 e. The Morgan fingerprint density at radius 1 is 1.29 bits per heavy atom. The number of pyridine rings is 1. The fraction of sp³-hybridized carbons (Fsp3) is 0.421. The Morgan fingerprint density at radius 2 is 2.04 bits per heavy atom. The van der Waals surface area contributed by atoms with Crippen LogP contribution in [0.1, 0.15) is 37.4 Å². The molecule has 0 aliphatic carbocycles. The molecule has 5 nitrogen and oxygen atoms in total. The van der Waals surface area contributed by atoms with E-state index in [9.17, 15) is 9.90 Å². The first-order chi connectivity index (χ1) is 11.6. The Morgan fingerprint density at radius 3 is 2.71 bits per heavy atom. The van der Waals surface area contributed by atoms with Crippen molar-refractivity contribution >= 4 is 0 Å². The lowest BCUT2D eigenvalue weighted by atomic mass is 10.1. The molecule has 1 atom stereocenters. The number of rotatable bonds is 9. The minimum absolute atomic E-state index is 0.0141. The van der Waals surface area contributed by atoms with E-state index in [1.807, 2.05) is 34.9 Å². The normalized spacial score (nSPS) is 12.1. The summed E-state index contributed by atoms with van der Waals surface area (Å²) in [5.41, 5.74) is 7.47. The van der Waals surface area contributed by atoms with E-state index in [0.717, 1.165) is 24.8 Å². The highest BCUT2D eigenvalue weighted by atomic mass is 16.5. The molecule has 0 radical (unpaired) electrons. The van der Waals surface area contributed by atoms with Crippen molar-refractivity contribution in [3.63, 3.8) is 0 Å². The van der Waals surface area contributed by atoms with Crippen LogP contribution in [0.25, 0.3) is 0 Å². The van der Waals surface area contributed by atoms with Crippen LogP contribution in [0.2, 0.25) is 0 Å². The van der Waals surface area contributed by atoms with Crippen LogP contribution in [0.3, 0.4) is 0 Å². The molecule has 1 aromatic heterocycles. The van der Waals surface area contributed by atoms with Gasteiger partial charge < -0.3 is 20.1 Å². The number of aromatic nitrogens is 1. The maximum Gasteiger partial charge on any atom is 0.223 e. The van der Waals surface area contributed by atoms with Gasteiger partial charge in [0.2, 0.25) is 5.43 Å². The molecule has 3 N–H and O–H groups in total. The average molecular weight is 330 g/mol. The summed E-state index contributed by atoms with van der Waals surface area (Å²) in [6.45, 7) is 2.81. The van der Waals surface area contributed by atoms with Crippen LogP contribution in [-0.4, -0.2) is 15.7 Å². The average Bonchev–Trinajstić information content (AvgIpc) is 2.60. The molecule has 0 bridgehead atoms. The van der Waals surface area contributed by atoms with Gasteiger partial charge in [-0.25, -0.2) is 0 Å². The topological polar surface area (TPSA) is 77.5 Å². The monoisotopic (exact) mass is 330 g/mol. The fourth-order valence-electron chi connectivity index (χ4n) is 2.55. The molecule has 0 spiro atoms. The van der Waals surface area contributed by atoms with Gasteiger partial charge in [-0.2, -0.15) is 0 Å². The highest BCUT2D eigenvalue weighted by Crippen LogP contribution is 2.12. The van der Waals surface area contributed by atoms with E-state index in [0.29, 0.717) is 18.8 Å². The maximum absolute atomic E-state index is 12.1. The van der Waals surface area contributed by atoms with Gasteiger partial charge in [-0.15, -0.1) is 0 Å². The number of aliphatic hydroxyl groups is 1. The summed E-state index contributed by atoms with van der Waals surface area (Å²) in [6, 6.07) is 11.1. The van der Waals surface area contributed by atoms with E-state index in [4.69, 9.17) is 10.5 Å². The van der Waals surface area contributed by atoms with Crippen molar-refractivity contribution in [2.45, 2.75) is 52.0 Å². The Bertz CT molecular complexity index is 683. The van der Waals surface area contributed by atoms with E-state index in [1.54, 1.807) is 6.20 Å². The van der Waals surface area contributed by atoms with E-state index < -0.39 is 0 Å². The minimum atomic E-state index is -0.228. The van der Waals surface area contributed by atoms with Crippen LogP contribution >= 0.6 is 0 Å². The number of unbranched alkanes of at least 4 members (excludes halogenated alkanes) is 1.